The zero-order valence-corrected chi connectivity index (χ0v) is 20.0. The summed E-state index contributed by atoms with van der Waals surface area (Å²) in [7, 11) is 0. The summed E-state index contributed by atoms with van der Waals surface area (Å²) in [4.78, 5) is 12.2. The van der Waals surface area contributed by atoms with Crippen LogP contribution in [0.25, 0.3) is 0 Å². The molecular weight excluding hydrogens is 400 g/mol. The molecule has 3 fully saturated rings. The van der Waals surface area contributed by atoms with E-state index in [1.54, 1.807) is 0 Å². The summed E-state index contributed by atoms with van der Waals surface area (Å²) in [5, 5.41) is 19.4. The van der Waals surface area contributed by atoms with Crippen LogP contribution >= 0.6 is 0 Å². The molecule has 8 atom stereocenters. The summed E-state index contributed by atoms with van der Waals surface area (Å²) in [5.74, 6) is 2.25. The maximum absolute atomic E-state index is 12.2. The van der Waals surface area contributed by atoms with E-state index in [9.17, 15) is 15.0 Å². The third kappa shape index (κ3) is 4.03. The van der Waals surface area contributed by atoms with Gasteiger partial charge in [0.05, 0.1) is 18.3 Å². The van der Waals surface area contributed by atoms with Crippen molar-refractivity contribution in [1.29, 1.82) is 0 Å². The Morgan fingerprint density at radius 3 is 2.75 bits per heavy atom. The van der Waals surface area contributed by atoms with Crippen molar-refractivity contribution in [1.82, 2.24) is 0 Å². The van der Waals surface area contributed by atoms with Gasteiger partial charge in [0.15, 0.2) is 0 Å². The maximum atomic E-state index is 12.2. The molecule has 0 radical (unpaired) electrons. The van der Waals surface area contributed by atoms with Crippen molar-refractivity contribution < 1.29 is 19.7 Å². The fourth-order valence-electron chi connectivity index (χ4n) is 8.13. The number of hydrogen-bond acceptors (Lipinski definition) is 4. The summed E-state index contributed by atoms with van der Waals surface area (Å²) < 4.78 is 5.73. The Morgan fingerprint density at radius 2 is 2.03 bits per heavy atom. The second-order valence-corrected chi connectivity index (χ2v) is 11.5. The van der Waals surface area contributed by atoms with Gasteiger partial charge >= 0.3 is 5.97 Å². The predicted molar refractivity (Wildman–Crippen MR) is 127 cm³/mol. The van der Waals surface area contributed by atoms with Gasteiger partial charge in [0.2, 0.25) is 0 Å². The van der Waals surface area contributed by atoms with Crippen molar-refractivity contribution in [2.24, 2.45) is 34.5 Å². The first kappa shape index (κ1) is 23.8. The van der Waals surface area contributed by atoms with E-state index in [0.717, 1.165) is 49.9 Å². The molecule has 8 unspecified atom stereocenters. The molecule has 32 heavy (non-hydrogen) atoms. The largest absolute Gasteiger partial charge is 0.459 e. The van der Waals surface area contributed by atoms with Crippen LogP contribution in [0.3, 0.4) is 0 Å². The number of hydrogen-bond donors (Lipinski definition) is 2. The van der Waals surface area contributed by atoms with Gasteiger partial charge in [0.25, 0.3) is 0 Å². The van der Waals surface area contributed by atoms with Crippen LogP contribution < -0.4 is 0 Å². The van der Waals surface area contributed by atoms with Crippen LogP contribution in [0.2, 0.25) is 0 Å². The van der Waals surface area contributed by atoms with Gasteiger partial charge in [-0.05, 0) is 92.3 Å². The number of carbonyl (C=O) groups excluding carboxylic acids is 1. The number of rotatable bonds is 7. The topological polar surface area (TPSA) is 66.8 Å². The first-order valence-electron chi connectivity index (χ1n) is 12.7. The van der Waals surface area contributed by atoms with E-state index in [0.29, 0.717) is 12.3 Å². The van der Waals surface area contributed by atoms with Crippen molar-refractivity contribution in [3.8, 4) is 0 Å². The SMILES string of the molecule is C=CCC(CC1CCC2C3CC=C4CC(O)CCC4(C)C3CCC12C)OC(=O)C(=C)CO. The van der Waals surface area contributed by atoms with Crippen molar-refractivity contribution in [2.45, 2.75) is 90.3 Å². The molecule has 0 amide bonds. The van der Waals surface area contributed by atoms with Crippen LogP contribution in [-0.4, -0.2) is 35.0 Å². The highest BCUT2D eigenvalue weighted by molar-refractivity contribution is 5.88. The molecule has 0 aromatic carbocycles. The number of ether oxygens (including phenoxy) is 1. The molecule has 0 aliphatic heterocycles. The highest BCUT2D eigenvalue weighted by Crippen LogP contribution is 2.66. The number of aliphatic hydroxyl groups is 2. The Balaban J connectivity index is 1.49. The third-order valence-electron chi connectivity index (χ3n) is 10.0. The lowest BCUT2D eigenvalue weighted by molar-refractivity contribution is -0.146. The predicted octanol–water partition coefficient (Wildman–Crippen LogP) is 5.35. The molecule has 0 aromatic heterocycles. The van der Waals surface area contributed by atoms with Gasteiger partial charge in [-0.25, -0.2) is 4.79 Å². The Bertz CT molecular complexity index is 784. The van der Waals surface area contributed by atoms with Crippen molar-refractivity contribution in [3.63, 3.8) is 0 Å². The Morgan fingerprint density at radius 1 is 1.25 bits per heavy atom. The zero-order valence-electron chi connectivity index (χ0n) is 20.0. The van der Waals surface area contributed by atoms with Crippen LogP contribution in [0, 0.1) is 34.5 Å². The summed E-state index contributed by atoms with van der Waals surface area (Å²) in [6, 6.07) is 0. The first-order valence-corrected chi connectivity index (χ1v) is 12.7. The fraction of sp³-hybridized carbons (Fsp3) is 0.750. The molecular formula is C28H42O4. The minimum Gasteiger partial charge on any atom is -0.459 e. The molecule has 178 valence electrons. The van der Waals surface area contributed by atoms with Crippen molar-refractivity contribution in [3.05, 3.63) is 36.5 Å². The molecule has 3 saturated carbocycles. The minimum absolute atomic E-state index is 0.116. The minimum atomic E-state index is -0.486. The van der Waals surface area contributed by atoms with Gasteiger partial charge in [0.1, 0.15) is 6.10 Å². The zero-order chi connectivity index (χ0) is 23.1. The van der Waals surface area contributed by atoms with E-state index in [2.05, 4.69) is 33.1 Å². The summed E-state index contributed by atoms with van der Waals surface area (Å²) in [6.07, 6.45) is 14.6. The molecule has 0 spiro atoms. The van der Waals surface area contributed by atoms with E-state index in [4.69, 9.17) is 4.74 Å². The normalized spacial score (nSPS) is 41.5. The third-order valence-corrected chi connectivity index (χ3v) is 10.0. The van der Waals surface area contributed by atoms with E-state index < -0.39 is 5.97 Å². The van der Waals surface area contributed by atoms with Crippen molar-refractivity contribution in [2.75, 3.05) is 6.61 Å². The fourth-order valence-corrected chi connectivity index (χ4v) is 8.13. The molecule has 4 aliphatic carbocycles. The lowest BCUT2D eigenvalue weighted by atomic mass is 9.47. The molecule has 0 aromatic rings. The van der Waals surface area contributed by atoms with Gasteiger partial charge in [-0.3, -0.25) is 0 Å². The molecule has 4 heteroatoms. The molecule has 4 nitrogen and oxygen atoms in total. The first-order chi connectivity index (χ1) is 15.2. The van der Waals surface area contributed by atoms with Gasteiger partial charge in [-0.15, -0.1) is 6.58 Å². The van der Waals surface area contributed by atoms with Crippen LogP contribution in [-0.2, 0) is 9.53 Å². The van der Waals surface area contributed by atoms with Gasteiger partial charge in [-0.2, -0.15) is 0 Å². The second-order valence-electron chi connectivity index (χ2n) is 11.5. The van der Waals surface area contributed by atoms with E-state index >= 15 is 0 Å². The monoisotopic (exact) mass is 442 g/mol. The van der Waals surface area contributed by atoms with Gasteiger partial charge < -0.3 is 14.9 Å². The van der Waals surface area contributed by atoms with Crippen LogP contribution in [0.15, 0.2) is 36.5 Å². The van der Waals surface area contributed by atoms with Crippen LogP contribution in [0.1, 0.15) is 78.1 Å². The van der Waals surface area contributed by atoms with Crippen molar-refractivity contribution >= 4 is 5.97 Å². The standard InChI is InChI=1S/C28H42O4/c1-5-6-22(32-26(31)18(2)17-29)16-20-8-10-24-23-9-7-19-15-21(30)11-13-27(19,3)25(23)12-14-28(20,24)4/h5,7,20-25,29-30H,1-2,6,8-17H2,3-4H3. The Kier molecular flexibility index (Phi) is 6.76. The summed E-state index contributed by atoms with van der Waals surface area (Å²) >= 11 is 0. The number of esters is 1. The van der Waals surface area contributed by atoms with Crippen LogP contribution in [0.5, 0.6) is 0 Å². The molecule has 2 N–H and O–H groups in total. The lowest BCUT2D eigenvalue weighted by Gasteiger charge is -2.58. The summed E-state index contributed by atoms with van der Waals surface area (Å²) in [6.45, 7) is 12.1. The van der Waals surface area contributed by atoms with Gasteiger partial charge in [-0.1, -0.05) is 38.2 Å². The van der Waals surface area contributed by atoms with Crippen LogP contribution in [0.4, 0.5) is 0 Å². The Hall–Kier alpha value is -1.39. The lowest BCUT2D eigenvalue weighted by Crippen LogP contribution is -2.50. The molecule has 4 aliphatic rings. The van der Waals surface area contributed by atoms with E-state index in [1.807, 2.05) is 6.08 Å². The molecule has 4 rings (SSSR count). The average molecular weight is 443 g/mol. The number of fused-ring (bicyclic) bond motifs is 5. The number of carbonyl (C=O) groups is 1. The second kappa shape index (κ2) is 9.10. The molecule has 0 saturated heterocycles. The van der Waals surface area contributed by atoms with Gasteiger partial charge in [0, 0.05) is 6.42 Å². The highest BCUT2D eigenvalue weighted by Gasteiger charge is 2.58. The van der Waals surface area contributed by atoms with E-state index in [-0.39, 0.29) is 35.2 Å². The number of allylic oxidation sites excluding steroid dienone is 1. The quantitative estimate of drug-likeness (QED) is 0.317. The molecule has 0 bridgehead atoms. The molecule has 0 heterocycles. The number of aliphatic hydroxyl groups excluding tert-OH is 2. The summed E-state index contributed by atoms with van der Waals surface area (Å²) in [5.41, 5.74) is 2.20. The Labute approximate surface area is 193 Å². The maximum Gasteiger partial charge on any atom is 0.336 e. The van der Waals surface area contributed by atoms with E-state index in [1.165, 1.54) is 31.3 Å². The smallest absolute Gasteiger partial charge is 0.336 e. The average Bonchev–Trinajstić information content (AvgIpc) is 3.10. The highest BCUT2D eigenvalue weighted by atomic mass is 16.5.